The van der Waals surface area contributed by atoms with Crippen molar-refractivity contribution in [2.24, 2.45) is 0 Å². The molecule has 1 nitrogen and oxygen atoms in total. The van der Waals surface area contributed by atoms with Crippen molar-refractivity contribution in [2.45, 2.75) is 26.4 Å². The molecule has 0 saturated carbocycles. The van der Waals surface area contributed by atoms with Crippen LogP contribution in [0.3, 0.4) is 0 Å². The minimum absolute atomic E-state index is 0.261. The highest BCUT2D eigenvalue weighted by Crippen LogP contribution is 2.47. The summed E-state index contributed by atoms with van der Waals surface area (Å²) in [5.74, 6) is 0.882. The lowest BCUT2D eigenvalue weighted by Gasteiger charge is -2.22. The van der Waals surface area contributed by atoms with Crippen molar-refractivity contribution in [3.8, 4) is 39.1 Å². The molecule has 0 fully saturated rings. The smallest absolute Gasteiger partial charge is 0.120 e. The Hall–Kier alpha value is -4.36. The summed E-state index contributed by atoms with van der Waals surface area (Å²) in [5.41, 5.74) is 7.09. The van der Waals surface area contributed by atoms with Gasteiger partial charge in [-0.05, 0) is 87.8 Å². The summed E-state index contributed by atoms with van der Waals surface area (Å²) in [6, 6.07) is 45.6. The molecular formula is C36H30O. The minimum Gasteiger partial charge on any atom is -0.488 e. The lowest BCUT2D eigenvalue weighted by atomic mass is 9.83. The second kappa shape index (κ2) is 9.26. The van der Waals surface area contributed by atoms with Crippen LogP contribution < -0.4 is 4.74 Å². The van der Waals surface area contributed by atoms with E-state index in [0.717, 1.165) is 11.3 Å². The lowest BCUT2D eigenvalue weighted by Crippen LogP contribution is -2.22. The van der Waals surface area contributed by atoms with E-state index in [-0.39, 0.29) is 5.60 Å². The summed E-state index contributed by atoms with van der Waals surface area (Å²) in [7, 11) is 0. The third-order valence-corrected chi connectivity index (χ3v) is 6.74. The Morgan fingerprint density at radius 3 is 1.62 bits per heavy atom. The van der Waals surface area contributed by atoms with E-state index in [1.165, 1.54) is 49.4 Å². The quantitative estimate of drug-likeness (QED) is 0.229. The first-order valence-corrected chi connectivity index (χ1v) is 12.9. The lowest BCUT2D eigenvalue weighted by molar-refractivity contribution is 0.131. The van der Waals surface area contributed by atoms with E-state index in [2.05, 4.69) is 142 Å². The zero-order chi connectivity index (χ0) is 25.4. The van der Waals surface area contributed by atoms with Gasteiger partial charge in [0.25, 0.3) is 0 Å². The fraction of sp³-hybridized carbons (Fsp3) is 0.111. The van der Waals surface area contributed by atoms with Crippen molar-refractivity contribution >= 4 is 21.5 Å². The monoisotopic (exact) mass is 478 g/mol. The van der Waals surface area contributed by atoms with Gasteiger partial charge in [-0.3, -0.25) is 0 Å². The summed E-state index contributed by atoms with van der Waals surface area (Å²) in [6.07, 6.45) is 0. The first-order valence-electron chi connectivity index (χ1n) is 12.9. The molecule has 0 radical (unpaired) electrons. The molecule has 6 rings (SSSR count). The molecule has 0 atom stereocenters. The molecule has 0 unspecified atom stereocenters. The Balaban J connectivity index is 1.76. The molecule has 0 heterocycles. The van der Waals surface area contributed by atoms with Gasteiger partial charge in [-0.1, -0.05) is 115 Å². The van der Waals surface area contributed by atoms with E-state index in [1.54, 1.807) is 0 Å². The van der Waals surface area contributed by atoms with Crippen molar-refractivity contribution in [1.82, 2.24) is 0 Å². The number of benzene rings is 6. The van der Waals surface area contributed by atoms with E-state index in [4.69, 9.17) is 4.74 Å². The molecule has 0 saturated heterocycles. The van der Waals surface area contributed by atoms with Crippen LogP contribution in [-0.4, -0.2) is 5.60 Å². The number of hydrogen-bond acceptors (Lipinski definition) is 1. The van der Waals surface area contributed by atoms with Crippen LogP contribution >= 0.6 is 0 Å². The van der Waals surface area contributed by atoms with Crippen LogP contribution in [0.15, 0.2) is 127 Å². The second-order valence-electron chi connectivity index (χ2n) is 10.5. The topological polar surface area (TPSA) is 9.23 Å². The van der Waals surface area contributed by atoms with Crippen LogP contribution in [0.25, 0.3) is 54.9 Å². The third-order valence-electron chi connectivity index (χ3n) is 6.74. The molecule has 6 aromatic carbocycles. The largest absolute Gasteiger partial charge is 0.488 e. The molecule has 37 heavy (non-hydrogen) atoms. The minimum atomic E-state index is -0.261. The molecule has 0 spiro atoms. The van der Waals surface area contributed by atoms with Gasteiger partial charge in [-0.2, -0.15) is 0 Å². The average molecular weight is 479 g/mol. The second-order valence-corrected chi connectivity index (χ2v) is 10.5. The summed E-state index contributed by atoms with van der Waals surface area (Å²) in [5, 5.41) is 5.04. The standard InChI is InChI=1S/C36H30O/c1-36(2,3)37-28-19-12-18-27(24-28)29-22-13-23-32-33(25-14-6-4-7-15-25)30-20-10-11-21-31(30)34(35(29)32)26-16-8-5-9-17-26/h4-24H,1-3H3. The maximum Gasteiger partial charge on any atom is 0.120 e. The van der Waals surface area contributed by atoms with Crippen molar-refractivity contribution in [1.29, 1.82) is 0 Å². The van der Waals surface area contributed by atoms with Crippen molar-refractivity contribution < 1.29 is 4.74 Å². The summed E-state index contributed by atoms with van der Waals surface area (Å²) < 4.78 is 6.25. The fourth-order valence-corrected chi connectivity index (χ4v) is 5.37. The molecule has 0 aliphatic carbocycles. The van der Waals surface area contributed by atoms with Gasteiger partial charge in [0.1, 0.15) is 11.4 Å². The fourth-order valence-electron chi connectivity index (χ4n) is 5.37. The first-order chi connectivity index (χ1) is 18.0. The van der Waals surface area contributed by atoms with E-state index < -0.39 is 0 Å². The van der Waals surface area contributed by atoms with Crippen molar-refractivity contribution in [3.63, 3.8) is 0 Å². The molecule has 0 N–H and O–H groups in total. The van der Waals surface area contributed by atoms with Gasteiger partial charge in [0, 0.05) is 0 Å². The van der Waals surface area contributed by atoms with E-state index in [9.17, 15) is 0 Å². The number of rotatable bonds is 4. The third kappa shape index (κ3) is 4.38. The van der Waals surface area contributed by atoms with Crippen LogP contribution in [0, 0.1) is 0 Å². The van der Waals surface area contributed by atoms with Gasteiger partial charge < -0.3 is 4.74 Å². The molecule has 0 aliphatic rings. The van der Waals surface area contributed by atoms with Crippen LogP contribution in [-0.2, 0) is 0 Å². The molecule has 1 heteroatoms. The highest BCUT2D eigenvalue weighted by atomic mass is 16.5. The Morgan fingerprint density at radius 1 is 0.459 bits per heavy atom. The van der Waals surface area contributed by atoms with Gasteiger partial charge in [0.05, 0.1) is 0 Å². The molecule has 6 aromatic rings. The Bertz CT molecular complexity index is 1710. The Morgan fingerprint density at radius 2 is 0.973 bits per heavy atom. The van der Waals surface area contributed by atoms with Crippen LogP contribution in [0.2, 0.25) is 0 Å². The van der Waals surface area contributed by atoms with E-state index >= 15 is 0 Å². The Kier molecular flexibility index (Phi) is 5.77. The summed E-state index contributed by atoms with van der Waals surface area (Å²) in [4.78, 5) is 0. The van der Waals surface area contributed by atoms with Crippen LogP contribution in [0.5, 0.6) is 5.75 Å². The molecule has 0 bridgehead atoms. The Labute approximate surface area is 219 Å². The first kappa shape index (κ1) is 23.1. The van der Waals surface area contributed by atoms with Gasteiger partial charge >= 0.3 is 0 Å². The SMILES string of the molecule is CC(C)(C)Oc1cccc(-c2cccc3c(-c4ccccc4)c4ccccc4c(-c4ccccc4)c23)c1. The highest BCUT2D eigenvalue weighted by Gasteiger charge is 2.20. The molecular weight excluding hydrogens is 448 g/mol. The number of ether oxygens (including phenoxy) is 1. The highest BCUT2D eigenvalue weighted by molar-refractivity contribution is 6.24. The predicted molar refractivity (Wildman–Crippen MR) is 158 cm³/mol. The molecule has 0 aromatic heterocycles. The average Bonchev–Trinajstić information content (AvgIpc) is 2.91. The molecule has 180 valence electrons. The zero-order valence-electron chi connectivity index (χ0n) is 21.5. The van der Waals surface area contributed by atoms with Crippen molar-refractivity contribution in [2.75, 3.05) is 0 Å². The van der Waals surface area contributed by atoms with Gasteiger partial charge in [-0.25, -0.2) is 0 Å². The van der Waals surface area contributed by atoms with Crippen LogP contribution in [0.1, 0.15) is 20.8 Å². The maximum atomic E-state index is 6.25. The van der Waals surface area contributed by atoms with E-state index in [1.807, 2.05) is 6.07 Å². The van der Waals surface area contributed by atoms with Crippen LogP contribution in [0.4, 0.5) is 0 Å². The molecule has 0 aliphatic heterocycles. The number of fused-ring (bicyclic) bond motifs is 2. The molecule has 0 amide bonds. The summed E-state index contributed by atoms with van der Waals surface area (Å²) >= 11 is 0. The maximum absolute atomic E-state index is 6.25. The van der Waals surface area contributed by atoms with E-state index in [0.29, 0.717) is 0 Å². The predicted octanol–water partition coefficient (Wildman–Crippen LogP) is 10.2. The van der Waals surface area contributed by atoms with Gasteiger partial charge in [0.2, 0.25) is 0 Å². The number of hydrogen-bond donors (Lipinski definition) is 0. The normalized spacial score (nSPS) is 11.6. The van der Waals surface area contributed by atoms with Gasteiger partial charge in [0.15, 0.2) is 0 Å². The van der Waals surface area contributed by atoms with Crippen molar-refractivity contribution in [3.05, 3.63) is 127 Å². The van der Waals surface area contributed by atoms with Gasteiger partial charge in [-0.15, -0.1) is 0 Å². The summed E-state index contributed by atoms with van der Waals surface area (Å²) in [6.45, 7) is 6.26. The zero-order valence-corrected chi connectivity index (χ0v) is 21.5.